The van der Waals surface area contributed by atoms with Crippen LogP contribution in [0.5, 0.6) is 0 Å². The average molecular weight is 267 g/mol. The second kappa shape index (κ2) is 6.27. The van der Waals surface area contributed by atoms with Crippen LogP contribution < -0.4 is 5.32 Å². The summed E-state index contributed by atoms with van der Waals surface area (Å²) in [7, 11) is 0. The SMILES string of the molecule is CC(C)(C)OC(=O)NCC#Cc1ncccc1Cl. The summed E-state index contributed by atoms with van der Waals surface area (Å²) < 4.78 is 5.05. The molecule has 0 atom stereocenters. The molecule has 1 N–H and O–H groups in total. The first-order valence-electron chi connectivity index (χ1n) is 5.45. The molecule has 0 bridgehead atoms. The van der Waals surface area contributed by atoms with E-state index in [-0.39, 0.29) is 6.54 Å². The molecule has 18 heavy (non-hydrogen) atoms. The molecule has 0 fully saturated rings. The number of hydrogen-bond acceptors (Lipinski definition) is 3. The van der Waals surface area contributed by atoms with E-state index in [0.29, 0.717) is 10.7 Å². The lowest BCUT2D eigenvalue weighted by Gasteiger charge is -2.18. The lowest BCUT2D eigenvalue weighted by molar-refractivity contribution is 0.0535. The molecule has 0 unspecified atom stereocenters. The number of alkyl carbamates (subject to hydrolysis) is 1. The molecule has 0 aliphatic carbocycles. The van der Waals surface area contributed by atoms with Crippen molar-refractivity contribution < 1.29 is 9.53 Å². The van der Waals surface area contributed by atoms with E-state index in [0.717, 1.165) is 0 Å². The van der Waals surface area contributed by atoms with E-state index >= 15 is 0 Å². The summed E-state index contributed by atoms with van der Waals surface area (Å²) in [6.07, 6.45) is 1.11. The third kappa shape index (κ3) is 5.55. The maximum Gasteiger partial charge on any atom is 0.408 e. The first-order valence-corrected chi connectivity index (χ1v) is 5.82. The third-order valence-corrected chi connectivity index (χ3v) is 1.99. The Morgan fingerprint density at radius 1 is 1.56 bits per heavy atom. The van der Waals surface area contributed by atoms with Crippen LogP contribution in [0.4, 0.5) is 4.79 Å². The topological polar surface area (TPSA) is 51.2 Å². The van der Waals surface area contributed by atoms with Gasteiger partial charge in [0.2, 0.25) is 0 Å². The number of nitrogens with one attached hydrogen (secondary N) is 1. The van der Waals surface area contributed by atoms with E-state index in [1.165, 1.54) is 0 Å². The highest BCUT2D eigenvalue weighted by Crippen LogP contribution is 2.10. The predicted octanol–water partition coefficient (Wildman–Crippen LogP) is 2.61. The fourth-order valence-corrected chi connectivity index (χ4v) is 1.20. The van der Waals surface area contributed by atoms with Gasteiger partial charge in [-0.2, -0.15) is 0 Å². The van der Waals surface area contributed by atoms with E-state index in [4.69, 9.17) is 16.3 Å². The van der Waals surface area contributed by atoms with Gasteiger partial charge in [-0.1, -0.05) is 17.5 Å². The molecule has 1 aromatic heterocycles. The zero-order valence-electron chi connectivity index (χ0n) is 10.6. The van der Waals surface area contributed by atoms with Crippen LogP contribution >= 0.6 is 11.6 Å². The van der Waals surface area contributed by atoms with Gasteiger partial charge in [0, 0.05) is 6.20 Å². The van der Waals surface area contributed by atoms with E-state index in [1.807, 2.05) is 0 Å². The Balaban J connectivity index is 2.44. The molecule has 1 heterocycles. The van der Waals surface area contributed by atoms with Crippen molar-refractivity contribution in [1.29, 1.82) is 0 Å². The van der Waals surface area contributed by atoms with Crippen LogP contribution in [0.1, 0.15) is 26.5 Å². The van der Waals surface area contributed by atoms with E-state index in [1.54, 1.807) is 39.1 Å². The van der Waals surface area contributed by atoms with Gasteiger partial charge in [-0.05, 0) is 38.8 Å². The highest BCUT2D eigenvalue weighted by Gasteiger charge is 2.14. The summed E-state index contributed by atoms with van der Waals surface area (Å²) in [5.74, 6) is 5.52. The summed E-state index contributed by atoms with van der Waals surface area (Å²) in [6.45, 7) is 5.57. The van der Waals surface area contributed by atoms with Gasteiger partial charge in [-0.15, -0.1) is 0 Å². The van der Waals surface area contributed by atoms with Gasteiger partial charge in [-0.25, -0.2) is 9.78 Å². The molecule has 0 radical (unpaired) electrons. The Morgan fingerprint density at radius 3 is 2.89 bits per heavy atom. The largest absolute Gasteiger partial charge is 0.444 e. The number of ether oxygens (including phenoxy) is 1. The predicted molar refractivity (Wildman–Crippen MR) is 70.4 cm³/mol. The van der Waals surface area contributed by atoms with Gasteiger partial charge < -0.3 is 10.1 Å². The molecule has 0 spiro atoms. The first-order chi connectivity index (χ1) is 8.38. The van der Waals surface area contributed by atoms with E-state index in [2.05, 4.69) is 22.1 Å². The van der Waals surface area contributed by atoms with Crippen LogP contribution in [0.25, 0.3) is 0 Å². The molecule has 1 aromatic rings. The maximum absolute atomic E-state index is 11.3. The molecular formula is C13H15ClN2O2. The van der Waals surface area contributed by atoms with Crippen molar-refractivity contribution in [3.63, 3.8) is 0 Å². The number of nitrogens with zero attached hydrogens (tertiary/aromatic N) is 1. The van der Waals surface area contributed by atoms with Crippen LogP contribution in [-0.4, -0.2) is 23.2 Å². The quantitative estimate of drug-likeness (QED) is 0.795. The van der Waals surface area contributed by atoms with Gasteiger partial charge >= 0.3 is 6.09 Å². The first kappa shape index (κ1) is 14.3. The fraction of sp³-hybridized carbons (Fsp3) is 0.385. The van der Waals surface area contributed by atoms with Crippen LogP contribution in [-0.2, 0) is 4.74 Å². The molecule has 0 aromatic carbocycles. The van der Waals surface area contributed by atoms with Crippen molar-refractivity contribution in [2.24, 2.45) is 0 Å². The average Bonchev–Trinajstić information content (AvgIpc) is 2.24. The number of carbonyl (C=O) groups excluding carboxylic acids is 1. The molecule has 1 amide bonds. The van der Waals surface area contributed by atoms with Crippen molar-refractivity contribution in [1.82, 2.24) is 10.3 Å². The number of carbonyl (C=O) groups is 1. The Kier molecular flexibility index (Phi) is 4.99. The van der Waals surface area contributed by atoms with Crippen LogP contribution in [0.3, 0.4) is 0 Å². The summed E-state index contributed by atoms with van der Waals surface area (Å²) in [5, 5.41) is 3.01. The number of amides is 1. The Labute approximate surface area is 112 Å². The minimum Gasteiger partial charge on any atom is -0.444 e. The smallest absolute Gasteiger partial charge is 0.408 e. The second-order valence-corrected chi connectivity index (χ2v) is 4.90. The zero-order valence-corrected chi connectivity index (χ0v) is 11.3. The van der Waals surface area contributed by atoms with Crippen LogP contribution in [0, 0.1) is 11.8 Å². The maximum atomic E-state index is 11.3. The highest BCUT2D eigenvalue weighted by atomic mass is 35.5. The highest BCUT2D eigenvalue weighted by molar-refractivity contribution is 6.31. The molecule has 0 saturated carbocycles. The number of halogens is 1. The summed E-state index contributed by atoms with van der Waals surface area (Å²) in [5.41, 5.74) is -0.0212. The van der Waals surface area contributed by atoms with Gasteiger partial charge in [0.05, 0.1) is 11.6 Å². The van der Waals surface area contributed by atoms with Gasteiger partial charge in [-0.3, -0.25) is 0 Å². The Morgan fingerprint density at radius 2 is 2.28 bits per heavy atom. The molecule has 1 rings (SSSR count). The van der Waals surface area contributed by atoms with Crippen molar-refractivity contribution >= 4 is 17.7 Å². The minimum atomic E-state index is -0.512. The number of aromatic nitrogens is 1. The summed E-state index contributed by atoms with van der Waals surface area (Å²) in [6, 6.07) is 3.44. The zero-order chi connectivity index (χ0) is 13.6. The van der Waals surface area contributed by atoms with Gasteiger partial charge in [0.15, 0.2) is 0 Å². The monoisotopic (exact) mass is 266 g/mol. The molecule has 0 aliphatic heterocycles. The van der Waals surface area contributed by atoms with Crippen LogP contribution in [0.15, 0.2) is 18.3 Å². The Bertz CT molecular complexity index is 484. The molecule has 4 nitrogen and oxygen atoms in total. The van der Waals surface area contributed by atoms with Crippen molar-refractivity contribution in [3.05, 3.63) is 29.0 Å². The van der Waals surface area contributed by atoms with Crippen molar-refractivity contribution in [3.8, 4) is 11.8 Å². The van der Waals surface area contributed by atoms with Gasteiger partial charge in [0.1, 0.15) is 11.3 Å². The standard InChI is InChI=1S/C13H15ClN2O2/c1-13(2,3)18-12(17)16-9-5-7-11-10(14)6-4-8-15-11/h4,6,8H,9H2,1-3H3,(H,16,17). The Hall–Kier alpha value is -1.73. The van der Waals surface area contributed by atoms with E-state index in [9.17, 15) is 4.79 Å². The van der Waals surface area contributed by atoms with E-state index < -0.39 is 11.7 Å². The summed E-state index contributed by atoms with van der Waals surface area (Å²) >= 11 is 5.88. The molecule has 5 heteroatoms. The molecular weight excluding hydrogens is 252 g/mol. The van der Waals surface area contributed by atoms with Crippen molar-refractivity contribution in [2.75, 3.05) is 6.54 Å². The molecule has 96 valence electrons. The van der Waals surface area contributed by atoms with Crippen molar-refractivity contribution in [2.45, 2.75) is 26.4 Å². The van der Waals surface area contributed by atoms with Crippen LogP contribution in [0.2, 0.25) is 5.02 Å². The number of rotatable bonds is 1. The number of pyridine rings is 1. The lowest BCUT2D eigenvalue weighted by Crippen LogP contribution is -2.32. The second-order valence-electron chi connectivity index (χ2n) is 4.49. The minimum absolute atomic E-state index is 0.182. The normalized spacial score (nSPS) is 10.2. The molecule has 0 saturated heterocycles. The third-order valence-electron chi connectivity index (χ3n) is 1.69. The summed E-state index contributed by atoms with van der Waals surface area (Å²) in [4.78, 5) is 15.3. The fourth-order valence-electron chi connectivity index (χ4n) is 1.04. The number of hydrogen-bond donors (Lipinski definition) is 1. The van der Waals surface area contributed by atoms with Gasteiger partial charge in [0.25, 0.3) is 0 Å². The molecule has 0 aliphatic rings. The lowest BCUT2D eigenvalue weighted by atomic mass is 10.2.